The van der Waals surface area contributed by atoms with E-state index in [1.807, 2.05) is 18.9 Å². The highest BCUT2D eigenvalue weighted by Gasteiger charge is 2.15. The van der Waals surface area contributed by atoms with E-state index in [4.69, 9.17) is 11.6 Å². The number of nitrogens with zero attached hydrogens (tertiary/aromatic N) is 3. The molecule has 2 aromatic rings. The van der Waals surface area contributed by atoms with E-state index >= 15 is 0 Å². The molecule has 0 amide bonds. The second-order valence-corrected chi connectivity index (χ2v) is 6.13. The standard InChI is InChI=1S/C13H14ClN3O2S/c1-8-15-16-12(20-8)7-17(2)6-10-9(13(18)19)4-3-5-11(10)14/h3-5H,6-7H2,1-2H3,(H,18,19). The van der Waals surface area contributed by atoms with Crippen LogP contribution in [0.3, 0.4) is 0 Å². The van der Waals surface area contributed by atoms with Crippen molar-refractivity contribution in [3.63, 3.8) is 0 Å². The number of benzene rings is 1. The molecule has 20 heavy (non-hydrogen) atoms. The lowest BCUT2D eigenvalue weighted by Gasteiger charge is -2.17. The summed E-state index contributed by atoms with van der Waals surface area (Å²) in [7, 11) is 1.89. The van der Waals surface area contributed by atoms with Crippen molar-refractivity contribution in [2.45, 2.75) is 20.0 Å². The van der Waals surface area contributed by atoms with Crippen LogP contribution in [0, 0.1) is 6.92 Å². The lowest BCUT2D eigenvalue weighted by Crippen LogP contribution is -2.19. The Balaban J connectivity index is 2.15. The summed E-state index contributed by atoms with van der Waals surface area (Å²) in [5, 5.41) is 19.5. The predicted octanol–water partition coefficient (Wildman–Crippen LogP) is 2.83. The molecule has 2 rings (SSSR count). The highest BCUT2D eigenvalue weighted by molar-refractivity contribution is 7.11. The van der Waals surface area contributed by atoms with Crippen LogP contribution in [0.1, 0.15) is 25.9 Å². The summed E-state index contributed by atoms with van der Waals surface area (Å²) in [6.45, 7) is 2.95. The van der Waals surface area contributed by atoms with Gasteiger partial charge in [0.15, 0.2) is 0 Å². The van der Waals surface area contributed by atoms with E-state index in [-0.39, 0.29) is 5.56 Å². The van der Waals surface area contributed by atoms with E-state index in [9.17, 15) is 9.90 Å². The zero-order chi connectivity index (χ0) is 14.7. The summed E-state index contributed by atoms with van der Waals surface area (Å²) in [4.78, 5) is 13.2. The summed E-state index contributed by atoms with van der Waals surface area (Å²) in [5.74, 6) is -0.970. The fourth-order valence-corrected chi connectivity index (χ4v) is 2.90. The molecule has 7 heteroatoms. The van der Waals surface area contributed by atoms with Gasteiger partial charge in [-0.15, -0.1) is 21.5 Å². The zero-order valence-electron chi connectivity index (χ0n) is 11.1. The number of halogens is 1. The van der Waals surface area contributed by atoms with Crippen molar-refractivity contribution in [3.8, 4) is 0 Å². The quantitative estimate of drug-likeness (QED) is 0.919. The second kappa shape index (κ2) is 6.30. The van der Waals surface area contributed by atoms with Crippen molar-refractivity contribution >= 4 is 28.9 Å². The van der Waals surface area contributed by atoms with Crippen LogP contribution in [-0.4, -0.2) is 33.2 Å². The number of hydrogen-bond donors (Lipinski definition) is 1. The van der Waals surface area contributed by atoms with E-state index in [2.05, 4.69) is 10.2 Å². The third-order valence-electron chi connectivity index (χ3n) is 2.75. The molecule has 0 bridgehead atoms. The molecule has 1 heterocycles. The number of hydrogen-bond acceptors (Lipinski definition) is 5. The molecule has 0 spiro atoms. The fraction of sp³-hybridized carbons (Fsp3) is 0.308. The molecule has 0 radical (unpaired) electrons. The predicted molar refractivity (Wildman–Crippen MR) is 78.2 cm³/mol. The van der Waals surface area contributed by atoms with Crippen LogP contribution in [0.15, 0.2) is 18.2 Å². The fourth-order valence-electron chi connectivity index (χ4n) is 1.88. The normalized spacial score (nSPS) is 11.0. The van der Waals surface area contributed by atoms with Crippen molar-refractivity contribution in [2.75, 3.05) is 7.05 Å². The Labute approximate surface area is 125 Å². The van der Waals surface area contributed by atoms with Crippen LogP contribution >= 0.6 is 22.9 Å². The van der Waals surface area contributed by atoms with Crippen molar-refractivity contribution in [3.05, 3.63) is 44.4 Å². The molecular formula is C13H14ClN3O2S. The molecule has 0 aliphatic rings. The Kier molecular flexibility index (Phi) is 4.69. The van der Waals surface area contributed by atoms with Gasteiger partial charge in [-0.25, -0.2) is 4.79 Å². The van der Waals surface area contributed by atoms with Crippen LogP contribution in [0.5, 0.6) is 0 Å². The smallest absolute Gasteiger partial charge is 0.336 e. The minimum atomic E-state index is -0.970. The molecule has 0 aliphatic carbocycles. The van der Waals surface area contributed by atoms with Gasteiger partial charge in [0.2, 0.25) is 0 Å². The Morgan fingerprint density at radius 2 is 2.15 bits per heavy atom. The lowest BCUT2D eigenvalue weighted by atomic mass is 10.1. The van der Waals surface area contributed by atoms with E-state index in [0.29, 0.717) is 23.7 Å². The number of carbonyl (C=O) groups is 1. The van der Waals surface area contributed by atoms with Crippen molar-refractivity contribution < 1.29 is 9.90 Å². The van der Waals surface area contributed by atoms with Gasteiger partial charge in [0.05, 0.1) is 12.1 Å². The zero-order valence-corrected chi connectivity index (χ0v) is 12.7. The molecule has 0 fully saturated rings. The highest BCUT2D eigenvalue weighted by atomic mass is 35.5. The number of aromatic carboxylic acids is 1. The van der Waals surface area contributed by atoms with Gasteiger partial charge in [0, 0.05) is 11.6 Å². The third-order valence-corrected chi connectivity index (χ3v) is 3.93. The van der Waals surface area contributed by atoms with Crippen molar-refractivity contribution in [2.24, 2.45) is 0 Å². The van der Waals surface area contributed by atoms with Gasteiger partial charge in [-0.05, 0) is 31.7 Å². The van der Waals surface area contributed by atoms with Gasteiger partial charge in [-0.2, -0.15) is 0 Å². The lowest BCUT2D eigenvalue weighted by molar-refractivity contribution is 0.0694. The molecular weight excluding hydrogens is 298 g/mol. The van der Waals surface area contributed by atoms with E-state index in [1.165, 1.54) is 11.3 Å². The maximum absolute atomic E-state index is 11.2. The van der Waals surface area contributed by atoms with E-state index in [0.717, 1.165) is 10.0 Å². The molecule has 106 valence electrons. The number of carboxylic acid groups (broad SMARTS) is 1. The molecule has 1 N–H and O–H groups in total. The average Bonchev–Trinajstić information content (AvgIpc) is 2.77. The molecule has 0 aliphatic heterocycles. The number of aromatic nitrogens is 2. The van der Waals surface area contributed by atoms with E-state index in [1.54, 1.807) is 18.2 Å². The Bertz CT molecular complexity index is 630. The Hall–Kier alpha value is -1.50. The third kappa shape index (κ3) is 3.53. The average molecular weight is 312 g/mol. The van der Waals surface area contributed by atoms with Gasteiger partial charge < -0.3 is 5.11 Å². The van der Waals surface area contributed by atoms with E-state index < -0.39 is 5.97 Å². The minimum Gasteiger partial charge on any atom is -0.478 e. The van der Waals surface area contributed by atoms with Gasteiger partial charge >= 0.3 is 5.97 Å². The summed E-state index contributed by atoms with van der Waals surface area (Å²) in [6, 6.07) is 4.90. The monoisotopic (exact) mass is 311 g/mol. The second-order valence-electron chi connectivity index (χ2n) is 4.46. The van der Waals surface area contributed by atoms with Gasteiger partial charge in [-0.3, -0.25) is 4.90 Å². The topological polar surface area (TPSA) is 66.3 Å². The molecule has 1 aromatic heterocycles. The Morgan fingerprint density at radius 3 is 2.75 bits per heavy atom. The first kappa shape index (κ1) is 14.9. The van der Waals surface area contributed by atoms with Gasteiger partial charge in [-0.1, -0.05) is 17.7 Å². The molecule has 0 unspecified atom stereocenters. The van der Waals surface area contributed by atoms with Crippen molar-refractivity contribution in [1.29, 1.82) is 0 Å². The minimum absolute atomic E-state index is 0.234. The van der Waals surface area contributed by atoms with Crippen molar-refractivity contribution in [1.82, 2.24) is 15.1 Å². The highest BCUT2D eigenvalue weighted by Crippen LogP contribution is 2.22. The summed E-state index contributed by atoms with van der Waals surface area (Å²) in [5.41, 5.74) is 0.850. The van der Waals surface area contributed by atoms with Crippen LogP contribution in [0.2, 0.25) is 5.02 Å². The number of aryl methyl sites for hydroxylation is 1. The maximum atomic E-state index is 11.2. The Morgan fingerprint density at radius 1 is 1.40 bits per heavy atom. The van der Waals surface area contributed by atoms with Crippen LogP contribution in [0.25, 0.3) is 0 Å². The van der Waals surface area contributed by atoms with Gasteiger partial charge in [0.1, 0.15) is 10.0 Å². The first-order valence-electron chi connectivity index (χ1n) is 5.95. The van der Waals surface area contributed by atoms with Crippen LogP contribution < -0.4 is 0 Å². The maximum Gasteiger partial charge on any atom is 0.336 e. The molecule has 0 saturated carbocycles. The molecule has 0 saturated heterocycles. The largest absolute Gasteiger partial charge is 0.478 e. The SMILES string of the molecule is Cc1nnc(CN(C)Cc2c(Cl)cccc2C(=O)O)s1. The van der Waals surface area contributed by atoms with Crippen LogP contribution in [0.4, 0.5) is 0 Å². The summed E-state index contributed by atoms with van der Waals surface area (Å²) < 4.78 is 0. The summed E-state index contributed by atoms with van der Waals surface area (Å²) >= 11 is 7.64. The molecule has 1 aromatic carbocycles. The molecule has 5 nitrogen and oxygen atoms in total. The number of rotatable bonds is 5. The van der Waals surface area contributed by atoms with Gasteiger partial charge in [0.25, 0.3) is 0 Å². The first-order valence-corrected chi connectivity index (χ1v) is 7.15. The van der Waals surface area contributed by atoms with Crippen LogP contribution in [-0.2, 0) is 13.1 Å². The first-order chi connectivity index (χ1) is 9.47. The molecule has 0 atom stereocenters. The summed E-state index contributed by atoms with van der Waals surface area (Å²) in [6.07, 6.45) is 0. The number of carboxylic acids is 1.